The summed E-state index contributed by atoms with van der Waals surface area (Å²) in [4.78, 5) is 10.2. The number of nitrogens with zero attached hydrogens (tertiary/aromatic N) is 3. The third-order valence-corrected chi connectivity index (χ3v) is 2.39. The number of aryl methyl sites for hydroxylation is 1. The first-order valence-corrected chi connectivity index (χ1v) is 4.82. The molecule has 0 amide bonds. The molecule has 0 saturated carbocycles. The minimum absolute atomic E-state index is 0.171. The van der Waals surface area contributed by atoms with Gasteiger partial charge in [0.15, 0.2) is 11.5 Å². The van der Waals surface area contributed by atoms with Gasteiger partial charge in [0.25, 0.3) is 5.69 Å². The van der Waals surface area contributed by atoms with Crippen LogP contribution >= 0.6 is 0 Å². The molecule has 0 atom stereocenters. The molecule has 0 fully saturated rings. The molecule has 0 saturated heterocycles. The van der Waals surface area contributed by atoms with E-state index in [4.69, 9.17) is 0 Å². The summed E-state index contributed by atoms with van der Waals surface area (Å²) in [5.74, 6) is -0.693. The van der Waals surface area contributed by atoms with E-state index in [1.165, 1.54) is 18.3 Å². The molecule has 17 heavy (non-hydrogen) atoms. The summed E-state index contributed by atoms with van der Waals surface area (Å²) < 4.78 is 14.8. The fourth-order valence-electron chi connectivity index (χ4n) is 1.49. The van der Waals surface area contributed by atoms with Crippen molar-refractivity contribution < 1.29 is 9.31 Å². The molecule has 0 unspecified atom stereocenters. The minimum atomic E-state index is -0.693. The molecule has 5 nitrogen and oxygen atoms in total. The third-order valence-electron chi connectivity index (χ3n) is 2.39. The van der Waals surface area contributed by atoms with Crippen LogP contribution in [-0.4, -0.2) is 14.7 Å². The van der Waals surface area contributed by atoms with Gasteiger partial charge in [0.2, 0.25) is 0 Å². The Hall–Kier alpha value is -2.24. The topological polar surface area (TPSA) is 61.0 Å². The van der Waals surface area contributed by atoms with Crippen molar-refractivity contribution >= 4 is 5.69 Å². The molecule has 0 aliphatic heterocycles. The fraction of sp³-hybridized carbons (Fsp3) is 0.0909. The van der Waals surface area contributed by atoms with Crippen LogP contribution in [0.1, 0.15) is 11.3 Å². The molecule has 0 aliphatic rings. The maximum atomic E-state index is 13.7. The standard InChI is InChI=1S/C11H9FN3O2/c1-7-6-14(13-8(7)2)11-9(12)4-3-5-10(11)15(16)17/h3-6H,1H2,2H3. The predicted molar refractivity (Wildman–Crippen MR) is 59.4 cm³/mol. The quantitative estimate of drug-likeness (QED) is 0.592. The zero-order valence-electron chi connectivity index (χ0n) is 9.05. The first-order chi connectivity index (χ1) is 8.00. The molecule has 1 aromatic heterocycles. The largest absolute Gasteiger partial charge is 0.297 e. The Bertz CT molecular complexity index is 573. The van der Waals surface area contributed by atoms with Crippen LogP contribution in [0.2, 0.25) is 0 Å². The average molecular weight is 234 g/mol. The van der Waals surface area contributed by atoms with E-state index < -0.39 is 10.7 Å². The molecule has 87 valence electrons. The van der Waals surface area contributed by atoms with Gasteiger partial charge in [-0.2, -0.15) is 5.10 Å². The second-order valence-electron chi connectivity index (χ2n) is 3.55. The fourth-order valence-corrected chi connectivity index (χ4v) is 1.49. The summed E-state index contributed by atoms with van der Waals surface area (Å²) in [6, 6.07) is 3.68. The molecule has 1 radical (unpaired) electrons. The summed E-state index contributed by atoms with van der Waals surface area (Å²) in [6.07, 6.45) is 1.46. The van der Waals surface area contributed by atoms with Crippen molar-refractivity contribution in [1.82, 2.24) is 9.78 Å². The lowest BCUT2D eigenvalue weighted by atomic mass is 10.2. The van der Waals surface area contributed by atoms with Gasteiger partial charge in [-0.1, -0.05) is 6.07 Å². The molecule has 2 rings (SSSR count). The van der Waals surface area contributed by atoms with Crippen LogP contribution in [0.15, 0.2) is 24.4 Å². The predicted octanol–water partition coefficient (Wildman–Crippen LogP) is 2.41. The molecule has 6 heteroatoms. The molecule has 1 aromatic carbocycles. The van der Waals surface area contributed by atoms with Crippen molar-refractivity contribution in [1.29, 1.82) is 0 Å². The summed E-state index contributed by atoms with van der Waals surface area (Å²) in [5, 5.41) is 14.8. The number of para-hydroxylation sites is 1. The number of hydrogen-bond acceptors (Lipinski definition) is 3. The number of nitro benzene ring substituents is 1. The van der Waals surface area contributed by atoms with Gasteiger partial charge in [0.1, 0.15) is 0 Å². The van der Waals surface area contributed by atoms with Gasteiger partial charge >= 0.3 is 0 Å². The highest BCUT2D eigenvalue weighted by Gasteiger charge is 2.20. The van der Waals surface area contributed by atoms with Crippen molar-refractivity contribution in [3.8, 4) is 5.69 Å². The number of hydrogen-bond donors (Lipinski definition) is 0. The lowest BCUT2D eigenvalue weighted by molar-refractivity contribution is -0.384. The van der Waals surface area contributed by atoms with Gasteiger partial charge in [-0.05, 0) is 25.5 Å². The summed E-state index contributed by atoms with van der Waals surface area (Å²) >= 11 is 0. The van der Waals surface area contributed by atoms with Gasteiger partial charge in [-0.3, -0.25) is 10.1 Å². The van der Waals surface area contributed by atoms with Gasteiger partial charge in [-0.15, -0.1) is 0 Å². The number of nitro groups is 1. The number of aromatic nitrogens is 2. The smallest absolute Gasteiger partial charge is 0.258 e. The Morgan fingerprint density at radius 2 is 2.24 bits per heavy atom. The Morgan fingerprint density at radius 1 is 1.53 bits per heavy atom. The Morgan fingerprint density at radius 3 is 2.76 bits per heavy atom. The second-order valence-corrected chi connectivity index (χ2v) is 3.55. The summed E-state index contributed by atoms with van der Waals surface area (Å²) in [5.41, 5.74) is 0.702. The van der Waals surface area contributed by atoms with Crippen molar-refractivity contribution in [3.63, 3.8) is 0 Å². The van der Waals surface area contributed by atoms with Crippen molar-refractivity contribution in [2.45, 2.75) is 6.92 Å². The molecular weight excluding hydrogens is 225 g/mol. The van der Waals surface area contributed by atoms with E-state index in [0.717, 1.165) is 10.7 Å². The number of benzene rings is 1. The zero-order valence-corrected chi connectivity index (χ0v) is 9.05. The highest BCUT2D eigenvalue weighted by molar-refractivity contribution is 5.53. The highest BCUT2D eigenvalue weighted by Crippen LogP contribution is 2.25. The Kier molecular flexibility index (Phi) is 2.63. The lowest BCUT2D eigenvalue weighted by Crippen LogP contribution is -2.03. The number of halogens is 1. The van der Waals surface area contributed by atoms with E-state index in [2.05, 4.69) is 12.0 Å². The molecule has 1 heterocycles. The Balaban J connectivity index is 2.69. The summed E-state index contributed by atoms with van der Waals surface area (Å²) in [6.45, 7) is 5.39. The van der Waals surface area contributed by atoms with E-state index in [1.807, 2.05) is 0 Å². The van der Waals surface area contributed by atoms with Crippen molar-refractivity contribution in [3.05, 3.63) is 58.5 Å². The van der Waals surface area contributed by atoms with Crippen LogP contribution in [0.5, 0.6) is 0 Å². The minimum Gasteiger partial charge on any atom is -0.258 e. The summed E-state index contributed by atoms with van der Waals surface area (Å²) in [7, 11) is 0. The molecule has 2 aromatic rings. The first-order valence-electron chi connectivity index (χ1n) is 4.82. The monoisotopic (exact) mass is 234 g/mol. The van der Waals surface area contributed by atoms with E-state index in [1.54, 1.807) is 6.92 Å². The van der Waals surface area contributed by atoms with Crippen LogP contribution in [0.4, 0.5) is 10.1 Å². The lowest BCUT2D eigenvalue weighted by Gasteiger charge is -2.03. The van der Waals surface area contributed by atoms with E-state index in [-0.39, 0.29) is 11.4 Å². The van der Waals surface area contributed by atoms with E-state index in [9.17, 15) is 14.5 Å². The van der Waals surface area contributed by atoms with Crippen LogP contribution in [0, 0.1) is 29.8 Å². The molecule has 0 bridgehead atoms. The average Bonchev–Trinajstić information content (AvgIpc) is 2.58. The van der Waals surface area contributed by atoms with Gasteiger partial charge in [0.05, 0.1) is 10.6 Å². The molecule has 0 spiro atoms. The molecule has 0 N–H and O–H groups in total. The molecule has 0 aliphatic carbocycles. The maximum absolute atomic E-state index is 13.7. The first kappa shape index (κ1) is 11.3. The van der Waals surface area contributed by atoms with Gasteiger partial charge in [0, 0.05) is 12.3 Å². The normalized spacial score (nSPS) is 10.5. The Labute approximate surface area is 96.6 Å². The van der Waals surface area contributed by atoms with Gasteiger partial charge in [-0.25, -0.2) is 9.07 Å². The second kappa shape index (κ2) is 3.97. The van der Waals surface area contributed by atoms with Crippen molar-refractivity contribution in [2.24, 2.45) is 0 Å². The zero-order chi connectivity index (χ0) is 12.6. The SMILES string of the molecule is [CH2]c1cn(-c2c(F)cccc2[N+](=O)[O-])nc1C. The molecular formula is C11H9FN3O2. The van der Waals surface area contributed by atoms with Gasteiger partial charge < -0.3 is 0 Å². The van der Waals surface area contributed by atoms with Crippen molar-refractivity contribution in [2.75, 3.05) is 0 Å². The van der Waals surface area contributed by atoms with E-state index >= 15 is 0 Å². The van der Waals surface area contributed by atoms with Crippen LogP contribution in [0.25, 0.3) is 5.69 Å². The van der Waals surface area contributed by atoms with Crippen LogP contribution < -0.4 is 0 Å². The van der Waals surface area contributed by atoms with E-state index in [0.29, 0.717) is 11.3 Å². The highest BCUT2D eigenvalue weighted by atomic mass is 19.1. The van der Waals surface area contributed by atoms with Crippen LogP contribution in [0.3, 0.4) is 0 Å². The third kappa shape index (κ3) is 1.89. The van der Waals surface area contributed by atoms with Crippen LogP contribution in [-0.2, 0) is 0 Å². The maximum Gasteiger partial charge on any atom is 0.297 e. The number of rotatable bonds is 2.